The minimum Gasteiger partial charge on any atom is -0.383 e. The van der Waals surface area contributed by atoms with E-state index in [4.69, 9.17) is 11.2 Å². The second kappa shape index (κ2) is 6.93. The number of nitrogens with one attached hydrogen (secondary N) is 1. The maximum Gasteiger partial charge on any atom is 0.282 e. The summed E-state index contributed by atoms with van der Waals surface area (Å²) < 4.78 is 4.82. The standard InChI is InChI=1S/C10H13N3O2S/c1-3-4-5-8-12-13-10(16-8)9(14)11-6-7-15-2/h1H,4-7H2,2H3,(H,11,14). The van der Waals surface area contributed by atoms with Crippen LogP contribution in [-0.4, -0.2) is 36.4 Å². The zero-order chi connectivity index (χ0) is 11.8. The predicted molar refractivity (Wildman–Crippen MR) is 61.3 cm³/mol. The molecule has 0 saturated carbocycles. The first-order valence-electron chi connectivity index (χ1n) is 4.81. The van der Waals surface area contributed by atoms with Crippen LogP contribution in [0.2, 0.25) is 0 Å². The largest absolute Gasteiger partial charge is 0.383 e. The van der Waals surface area contributed by atoms with Crippen LogP contribution in [0.3, 0.4) is 0 Å². The van der Waals surface area contributed by atoms with E-state index in [9.17, 15) is 4.79 Å². The minimum atomic E-state index is -0.221. The molecule has 0 aliphatic carbocycles. The first-order chi connectivity index (χ1) is 7.77. The van der Waals surface area contributed by atoms with E-state index in [0.29, 0.717) is 31.0 Å². The Morgan fingerprint density at radius 1 is 1.62 bits per heavy atom. The number of nitrogens with zero attached hydrogens (tertiary/aromatic N) is 2. The molecule has 1 N–H and O–H groups in total. The van der Waals surface area contributed by atoms with Crippen LogP contribution < -0.4 is 5.32 Å². The third kappa shape index (κ3) is 3.96. The monoisotopic (exact) mass is 239 g/mol. The van der Waals surface area contributed by atoms with Gasteiger partial charge in [-0.05, 0) is 0 Å². The molecule has 1 aromatic heterocycles. The molecule has 0 saturated heterocycles. The molecule has 0 aromatic carbocycles. The fraction of sp³-hybridized carbons (Fsp3) is 0.500. The number of ether oxygens (including phenoxy) is 1. The van der Waals surface area contributed by atoms with Crippen molar-refractivity contribution >= 4 is 17.2 Å². The molecule has 0 fully saturated rings. The zero-order valence-electron chi connectivity index (χ0n) is 9.02. The molecule has 6 heteroatoms. The number of hydrogen-bond donors (Lipinski definition) is 1. The summed E-state index contributed by atoms with van der Waals surface area (Å²) in [5, 5.41) is 11.5. The van der Waals surface area contributed by atoms with Gasteiger partial charge in [-0.3, -0.25) is 4.79 Å². The van der Waals surface area contributed by atoms with Gasteiger partial charge in [-0.2, -0.15) is 0 Å². The minimum absolute atomic E-state index is 0.221. The second-order valence-corrected chi connectivity index (χ2v) is 4.02. The lowest BCUT2D eigenvalue weighted by Crippen LogP contribution is -2.26. The average molecular weight is 239 g/mol. The van der Waals surface area contributed by atoms with Crippen molar-refractivity contribution in [1.82, 2.24) is 15.5 Å². The molecule has 1 rings (SSSR count). The summed E-state index contributed by atoms with van der Waals surface area (Å²) in [5.74, 6) is 2.30. The number of aryl methyl sites for hydroxylation is 1. The number of carbonyl (C=O) groups is 1. The summed E-state index contributed by atoms with van der Waals surface area (Å²) in [5.41, 5.74) is 0. The Morgan fingerprint density at radius 3 is 3.12 bits per heavy atom. The lowest BCUT2D eigenvalue weighted by molar-refractivity contribution is 0.0936. The van der Waals surface area contributed by atoms with Gasteiger partial charge in [-0.25, -0.2) is 0 Å². The van der Waals surface area contributed by atoms with Crippen molar-refractivity contribution in [3.8, 4) is 12.3 Å². The number of carbonyl (C=O) groups excluding carboxylic acids is 1. The maximum atomic E-state index is 11.5. The Balaban J connectivity index is 2.44. The van der Waals surface area contributed by atoms with Crippen LogP contribution in [0.1, 0.15) is 21.2 Å². The number of amides is 1. The molecule has 0 aliphatic heterocycles. The highest BCUT2D eigenvalue weighted by molar-refractivity contribution is 7.13. The van der Waals surface area contributed by atoms with E-state index in [1.165, 1.54) is 11.3 Å². The summed E-state index contributed by atoms with van der Waals surface area (Å²) in [7, 11) is 1.58. The molecule has 16 heavy (non-hydrogen) atoms. The Hall–Kier alpha value is -1.45. The average Bonchev–Trinajstić information content (AvgIpc) is 2.75. The molecule has 1 amide bonds. The van der Waals surface area contributed by atoms with E-state index in [1.807, 2.05) is 0 Å². The Bertz CT molecular complexity index is 384. The molecular formula is C10H13N3O2S. The van der Waals surface area contributed by atoms with E-state index in [-0.39, 0.29) is 5.91 Å². The molecule has 0 atom stereocenters. The highest BCUT2D eigenvalue weighted by atomic mass is 32.1. The van der Waals surface area contributed by atoms with Gasteiger partial charge in [0.1, 0.15) is 5.01 Å². The third-order valence-corrected chi connectivity index (χ3v) is 2.72. The number of hydrogen-bond acceptors (Lipinski definition) is 5. The van der Waals surface area contributed by atoms with Crippen molar-refractivity contribution in [3.63, 3.8) is 0 Å². The maximum absolute atomic E-state index is 11.5. The van der Waals surface area contributed by atoms with Gasteiger partial charge in [0.25, 0.3) is 5.91 Å². The van der Waals surface area contributed by atoms with E-state index in [0.717, 1.165) is 5.01 Å². The summed E-state index contributed by atoms with van der Waals surface area (Å²) in [4.78, 5) is 11.5. The van der Waals surface area contributed by atoms with E-state index in [2.05, 4.69) is 21.4 Å². The molecule has 0 aliphatic rings. The quantitative estimate of drug-likeness (QED) is 0.579. The number of rotatable bonds is 6. The van der Waals surface area contributed by atoms with Crippen molar-refractivity contribution in [1.29, 1.82) is 0 Å². The molecule has 86 valence electrons. The molecule has 0 radical (unpaired) electrons. The van der Waals surface area contributed by atoms with Crippen molar-refractivity contribution in [2.24, 2.45) is 0 Å². The molecule has 0 bridgehead atoms. The number of terminal acetylenes is 1. The number of methoxy groups -OCH3 is 1. The first-order valence-corrected chi connectivity index (χ1v) is 5.62. The van der Waals surface area contributed by atoms with Crippen molar-refractivity contribution in [2.75, 3.05) is 20.3 Å². The Morgan fingerprint density at radius 2 is 2.44 bits per heavy atom. The van der Waals surface area contributed by atoms with Gasteiger partial charge >= 0.3 is 0 Å². The van der Waals surface area contributed by atoms with Crippen LogP contribution in [0.25, 0.3) is 0 Å². The molecule has 5 nitrogen and oxygen atoms in total. The Labute approximate surface area is 98.2 Å². The van der Waals surface area contributed by atoms with Gasteiger partial charge in [-0.15, -0.1) is 22.5 Å². The number of aromatic nitrogens is 2. The SMILES string of the molecule is C#CCCc1nnc(C(=O)NCCOC)s1. The topological polar surface area (TPSA) is 64.1 Å². The van der Waals surface area contributed by atoms with E-state index >= 15 is 0 Å². The van der Waals surface area contributed by atoms with Crippen molar-refractivity contribution < 1.29 is 9.53 Å². The van der Waals surface area contributed by atoms with Crippen LogP contribution in [-0.2, 0) is 11.2 Å². The van der Waals surface area contributed by atoms with Crippen LogP contribution in [0.4, 0.5) is 0 Å². The second-order valence-electron chi connectivity index (χ2n) is 2.95. The van der Waals surface area contributed by atoms with Gasteiger partial charge in [0.15, 0.2) is 0 Å². The molecule has 0 spiro atoms. The molecular weight excluding hydrogens is 226 g/mol. The zero-order valence-corrected chi connectivity index (χ0v) is 9.84. The van der Waals surface area contributed by atoms with E-state index in [1.54, 1.807) is 7.11 Å². The summed E-state index contributed by atoms with van der Waals surface area (Å²) in [6.45, 7) is 0.948. The van der Waals surface area contributed by atoms with E-state index < -0.39 is 0 Å². The van der Waals surface area contributed by atoms with Crippen molar-refractivity contribution in [2.45, 2.75) is 12.8 Å². The van der Waals surface area contributed by atoms with Crippen LogP contribution in [0.5, 0.6) is 0 Å². The highest BCUT2D eigenvalue weighted by Gasteiger charge is 2.11. The normalized spacial score (nSPS) is 9.75. The molecule has 1 aromatic rings. The third-order valence-electron chi connectivity index (χ3n) is 1.74. The lowest BCUT2D eigenvalue weighted by atomic mass is 10.3. The summed E-state index contributed by atoms with van der Waals surface area (Å²) in [6, 6.07) is 0. The predicted octanol–water partition coefficient (Wildman–Crippen LogP) is 0.480. The van der Waals surface area contributed by atoms with Crippen LogP contribution in [0.15, 0.2) is 0 Å². The first kappa shape index (κ1) is 12.6. The highest BCUT2D eigenvalue weighted by Crippen LogP contribution is 2.11. The van der Waals surface area contributed by atoms with Gasteiger partial charge in [-0.1, -0.05) is 11.3 Å². The Kier molecular flexibility index (Phi) is 5.46. The van der Waals surface area contributed by atoms with Crippen LogP contribution in [0, 0.1) is 12.3 Å². The smallest absolute Gasteiger partial charge is 0.282 e. The van der Waals surface area contributed by atoms with Gasteiger partial charge in [0.2, 0.25) is 5.01 Å². The molecule has 1 heterocycles. The molecule has 0 unspecified atom stereocenters. The van der Waals surface area contributed by atoms with Gasteiger partial charge in [0, 0.05) is 26.5 Å². The van der Waals surface area contributed by atoms with Crippen LogP contribution >= 0.6 is 11.3 Å². The summed E-state index contributed by atoms with van der Waals surface area (Å²) >= 11 is 1.27. The summed E-state index contributed by atoms with van der Waals surface area (Å²) in [6.07, 6.45) is 6.41. The lowest BCUT2D eigenvalue weighted by Gasteiger charge is -1.99. The fourth-order valence-corrected chi connectivity index (χ4v) is 1.72. The van der Waals surface area contributed by atoms with Gasteiger partial charge < -0.3 is 10.1 Å². The van der Waals surface area contributed by atoms with Crippen molar-refractivity contribution in [3.05, 3.63) is 10.0 Å². The fourth-order valence-electron chi connectivity index (χ4n) is 0.968. The van der Waals surface area contributed by atoms with Gasteiger partial charge in [0.05, 0.1) is 6.61 Å².